The average Bonchev–Trinajstić information content (AvgIpc) is 3.00. The number of halogens is 1. The second-order valence-corrected chi connectivity index (χ2v) is 5.68. The van der Waals surface area contributed by atoms with Crippen LogP contribution in [0.25, 0.3) is 11.4 Å². The molecule has 0 fully saturated rings. The Morgan fingerprint density at radius 3 is 2.68 bits per heavy atom. The van der Waals surface area contributed by atoms with E-state index in [-0.39, 0.29) is 0 Å². The number of anilines is 1. The van der Waals surface area contributed by atoms with Crippen molar-refractivity contribution in [2.24, 2.45) is 0 Å². The van der Waals surface area contributed by atoms with Gasteiger partial charge < -0.3 is 10.3 Å². The molecule has 5 nitrogen and oxygen atoms in total. The maximum atomic E-state index is 5.58. The molecule has 19 heavy (non-hydrogen) atoms. The molecule has 0 saturated heterocycles. The second-order valence-electron chi connectivity index (χ2n) is 3.87. The zero-order valence-corrected chi connectivity index (χ0v) is 12.1. The first-order chi connectivity index (χ1) is 9.20. The van der Waals surface area contributed by atoms with Crippen LogP contribution in [0.5, 0.6) is 0 Å². The van der Waals surface area contributed by atoms with Gasteiger partial charge in [-0.3, -0.25) is 0 Å². The van der Waals surface area contributed by atoms with Crippen molar-refractivity contribution < 1.29 is 4.52 Å². The monoisotopic (exact) mass is 336 g/mol. The molecule has 0 aliphatic heterocycles. The standard InChI is InChI=1S/C12H9BrN4OS/c13-8-3-1-7(2-4-8)11-16-10(18-17-11)5-9-6-19-12(14)15-9/h1-4,6H,5H2,(H2,14,15). The lowest BCUT2D eigenvalue weighted by Gasteiger charge is -1.93. The minimum atomic E-state index is 0.497. The van der Waals surface area contributed by atoms with Crippen molar-refractivity contribution in [3.8, 4) is 11.4 Å². The zero-order chi connectivity index (χ0) is 13.2. The van der Waals surface area contributed by atoms with Crippen LogP contribution in [0.1, 0.15) is 11.6 Å². The van der Waals surface area contributed by atoms with E-state index in [1.807, 2.05) is 29.6 Å². The number of nitrogens with two attached hydrogens (primary N) is 1. The van der Waals surface area contributed by atoms with E-state index in [1.165, 1.54) is 11.3 Å². The third kappa shape index (κ3) is 2.82. The Kier molecular flexibility index (Phi) is 3.31. The third-order valence-electron chi connectivity index (χ3n) is 2.47. The van der Waals surface area contributed by atoms with E-state index in [0.717, 1.165) is 15.7 Å². The summed E-state index contributed by atoms with van der Waals surface area (Å²) in [5, 5.41) is 6.39. The topological polar surface area (TPSA) is 77.8 Å². The van der Waals surface area contributed by atoms with Crippen LogP contribution in [0.15, 0.2) is 38.6 Å². The quantitative estimate of drug-likeness (QED) is 0.794. The molecule has 3 rings (SSSR count). The van der Waals surface area contributed by atoms with E-state index < -0.39 is 0 Å². The number of aromatic nitrogens is 3. The average molecular weight is 337 g/mol. The predicted octanol–water partition coefficient (Wildman–Crippen LogP) is 3.13. The molecule has 2 aromatic heterocycles. The van der Waals surface area contributed by atoms with E-state index in [9.17, 15) is 0 Å². The molecule has 7 heteroatoms. The van der Waals surface area contributed by atoms with Crippen molar-refractivity contribution >= 4 is 32.4 Å². The molecule has 0 bridgehead atoms. The van der Waals surface area contributed by atoms with Crippen LogP contribution in [0.4, 0.5) is 5.13 Å². The van der Waals surface area contributed by atoms with Gasteiger partial charge in [0.25, 0.3) is 0 Å². The van der Waals surface area contributed by atoms with Gasteiger partial charge in [-0.05, 0) is 24.3 Å². The molecule has 0 spiro atoms. The molecular weight excluding hydrogens is 328 g/mol. The maximum Gasteiger partial charge on any atom is 0.233 e. The summed E-state index contributed by atoms with van der Waals surface area (Å²) in [5.41, 5.74) is 7.33. The van der Waals surface area contributed by atoms with E-state index in [4.69, 9.17) is 10.3 Å². The molecule has 96 valence electrons. The van der Waals surface area contributed by atoms with Gasteiger partial charge in [-0.1, -0.05) is 21.1 Å². The lowest BCUT2D eigenvalue weighted by Crippen LogP contribution is -1.90. The predicted molar refractivity (Wildman–Crippen MR) is 76.8 cm³/mol. The molecule has 0 aliphatic rings. The third-order valence-corrected chi connectivity index (χ3v) is 3.72. The van der Waals surface area contributed by atoms with Crippen molar-refractivity contribution in [3.05, 3.63) is 45.7 Å². The SMILES string of the molecule is Nc1nc(Cc2nc(-c3ccc(Br)cc3)no2)cs1. The summed E-state index contributed by atoms with van der Waals surface area (Å²) in [5.74, 6) is 1.11. The summed E-state index contributed by atoms with van der Waals surface area (Å²) < 4.78 is 6.23. The molecule has 0 atom stereocenters. The first kappa shape index (κ1) is 12.3. The summed E-state index contributed by atoms with van der Waals surface area (Å²) in [6.07, 6.45) is 0.497. The number of thiazole rings is 1. The summed E-state index contributed by atoms with van der Waals surface area (Å²) in [6, 6.07) is 7.73. The van der Waals surface area contributed by atoms with Crippen LogP contribution >= 0.6 is 27.3 Å². The molecule has 2 heterocycles. The maximum absolute atomic E-state index is 5.58. The fourth-order valence-electron chi connectivity index (χ4n) is 1.60. The Bertz CT molecular complexity index is 692. The number of hydrogen-bond donors (Lipinski definition) is 1. The molecule has 0 radical (unpaired) electrons. The van der Waals surface area contributed by atoms with Gasteiger partial charge in [0.15, 0.2) is 5.13 Å². The van der Waals surface area contributed by atoms with E-state index >= 15 is 0 Å². The van der Waals surface area contributed by atoms with Gasteiger partial charge in [0.1, 0.15) is 0 Å². The summed E-state index contributed by atoms with van der Waals surface area (Å²) in [7, 11) is 0. The zero-order valence-electron chi connectivity index (χ0n) is 9.71. The molecule has 0 saturated carbocycles. The lowest BCUT2D eigenvalue weighted by atomic mass is 10.2. The fraction of sp³-hybridized carbons (Fsp3) is 0.0833. The van der Waals surface area contributed by atoms with Gasteiger partial charge in [-0.2, -0.15) is 4.98 Å². The largest absolute Gasteiger partial charge is 0.375 e. The molecule has 1 aromatic carbocycles. The van der Waals surface area contributed by atoms with Gasteiger partial charge >= 0.3 is 0 Å². The van der Waals surface area contributed by atoms with E-state index in [0.29, 0.717) is 23.3 Å². The fourth-order valence-corrected chi connectivity index (χ4v) is 2.43. The van der Waals surface area contributed by atoms with Crippen LogP contribution in [0.2, 0.25) is 0 Å². The van der Waals surface area contributed by atoms with Crippen LogP contribution in [0.3, 0.4) is 0 Å². The molecular formula is C12H9BrN4OS. The molecule has 0 unspecified atom stereocenters. The number of nitrogens with zero attached hydrogens (tertiary/aromatic N) is 3. The van der Waals surface area contributed by atoms with Crippen molar-refractivity contribution in [2.45, 2.75) is 6.42 Å². The Morgan fingerprint density at radius 1 is 1.21 bits per heavy atom. The highest BCUT2D eigenvalue weighted by Gasteiger charge is 2.10. The van der Waals surface area contributed by atoms with Gasteiger partial charge in [0, 0.05) is 15.4 Å². The smallest absolute Gasteiger partial charge is 0.233 e. The Labute approximate surface area is 121 Å². The highest BCUT2D eigenvalue weighted by Crippen LogP contribution is 2.20. The summed E-state index contributed by atoms with van der Waals surface area (Å²) >= 11 is 4.79. The Balaban J connectivity index is 1.81. The van der Waals surface area contributed by atoms with Gasteiger partial charge in [-0.25, -0.2) is 4.98 Å². The van der Waals surface area contributed by atoms with Crippen molar-refractivity contribution in [1.82, 2.24) is 15.1 Å². The molecule has 3 aromatic rings. The number of hydrogen-bond acceptors (Lipinski definition) is 6. The molecule has 0 aliphatic carbocycles. The van der Waals surface area contributed by atoms with Crippen LogP contribution < -0.4 is 5.73 Å². The van der Waals surface area contributed by atoms with Crippen molar-refractivity contribution in [2.75, 3.05) is 5.73 Å². The minimum Gasteiger partial charge on any atom is -0.375 e. The van der Waals surface area contributed by atoms with Gasteiger partial charge in [0.05, 0.1) is 12.1 Å². The normalized spacial score (nSPS) is 10.8. The summed E-state index contributed by atoms with van der Waals surface area (Å²) in [6.45, 7) is 0. The highest BCUT2D eigenvalue weighted by molar-refractivity contribution is 9.10. The van der Waals surface area contributed by atoms with Crippen LogP contribution in [-0.4, -0.2) is 15.1 Å². The summed E-state index contributed by atoms with van der Waals surface area (Å²) in [4.78, 5) is 8.51. The van der Waals surface area contributed by atoms with Crippen molar-refractivity contribution in [3.63, 3.8) is 0 Å². The number of nitrogen functional groups attached to an aromatic ring is 1. The first-order valence-electron chi connectivity index (χ1n) is 5.49. The van der Waals surface area contributed by atoms with E-state index in [1.54, 1.807) is 0 Å². The lowest BCUT2D eigenvalue weighted by molar-refractivity contribution is 0.385. The van der Waals surface area contributed by atoms with E-state index in [2.05, 4.69) is 31.1 Å². The minimum absolute atomic E-state index is 0.497. The molecule has 2 N–H and O–H groups in total. The number of rotatable bonds is 3. The Hall–Kier alpha value is -1.73. The highest BCUT2D eigenvalue weighted by atomic mass is 79.9. The van der Waals surface area contributed by atoms with Crippen LogP contribution in [-0.2, 0) is 6.42 Å². The molecule has 0 amide bonds. The first-order valence-corrected chi connectivity index (χ1v) is 7.16. The second kappa shape index (κ2) is 5.10. The Morgan fingerprint density at radius 2 is 2.00 bits per heavy atom. The van der Waals surface area contributed by atoms with Crippen LogP contribution in [0, 0.1) is 0 Å². The van der Waals surface area contributed by atoms with Gasteiger partial charge in [0.2, 0.25) is 11.7 Å². The number of benzene rings is 1. The van der Waals surface area contributed by atoms with Gasteiger partial charge in [-0.15, -0.1) is 11.3 Å². The van der Waals surface area contributed by atoms with Crippen molar-refractivity contribution in [1.29, 1.82) is 0 Å².